The van der Waals surface area contributed by atoms with Gasteiger partial charge in [0.05, 0.1) is 11.0 Å². The third-order valence-electron chi connectivity index (χ3n) is 3.87. The molecule has 5 nitrogen and oxygen atoms in total. The van der Waals surface area contributed by atoms with Gasteiger partial charge in [0.15, 0.2) is 0 Å². The van der Waals surface area contributed by atoms with Gasteiger partial charge in [0.1, 0.15) is 12.4 Å². The van der Waals surface area contributed by atoms with Gasteiger partial charge < -0.3 is 15.2 Å². The summed E-state index contributed by atoms with van der Waals surface area (Å²) in [6.07, 6.45) is 3.02. The zero-order valence-electron chi connectivity index (χ0n) is 11.2. The van der Waals surface area contributed by atoms with Crippen LogP contribution < -0.4 is 10.1 Å². The normalized spacial score (nSPS) is 18.0. The SMILES string of the molecule is O=C(NCC1(C(=O)O)CC1)C1=Cc2cc(Br)ccc2OC1. The Balaban J connectivity index is 1.70. The number of nitrogens with one attached hydrogen (secondary N) is 1. The van der Waals surface area contributed by atoms with Crippen molar-refractivity contribution in [3.8, 4) is 5.75 Å². The highest BCUT2D eigenvalue weighted by Gasteiger charge is 2.50. The van der Waals surface area contributed by atoms with Crippen LogP contribution in [0, 0.1) is 5.41 Å². The fraction of sp³-hybridized carbons (Fsp3) is 0.333. The minimum absolute atomic E-state index is 0.170. The number of carboxylic acid groups (broad SMARTS) is 1. The van der Waals surface area contributed by atoms with E-state index >= 15 is 0 Å². The molecular weight excluding hydrogens is 338 g/mol. The largest absolute Gasteiger partial charge is 0.488 e. The summed E-state index contributed by atoms with van der Waals surface area (Å²) in [4.78, 5) is 23.2. The molecule has 2 aliphatic rings. The first-order chi connectivity index (χ1) is 10.00. The van der Waals surface area contributed by atoms with Gasteiger partial charge in [0, 0.05) is 16.6 Å². The van der Waals surface area contributed by atoms with E-state index in [1.165, 1.54) is 0 Å². The quantitative estimate of drug-likeness (QED) is 0.871. The number of halogens is 1. The maximum atomic E-state index is 12.1. The zero-order chi connectivity index (χ0) is 15.0. The predicted molar refractivity (Wildman–Crippen MR) is 79.9 cm³/mol. The van der Waals surface area contributed by atoms with Crippen LogP contribution in [0.1, 0.15) is 18.4 Å². The number of hydrogen-bond acceptors (Lipinski definition) is 3. The Hall–Kier alpha value is -1.82. The van der Waals surface area contributed by atoms with Gasteiger partial charge in [-0.1, -0.05) is 15.9 Å². The first-order valence-electron chi connectivity index (χ1n) is 6.65. The van der Waals surface area contributed by atoms with E-state index in [-0.39, 0.29) is 19.1 Å². The molecule has 1 aromatic rings. The minimum Gasteiger partial charge on any atom is -0.488 e. The molecule has 21 heavy (non-hydrogen) atoms. The minimum atomic E-state index is -0.842. The molecule has 0 unspecified atom stereocenters. The van der Waals surface area contributed by atoms with Crippen molar-refractivity contribution in [2.24, 2.45) is 5.41 Å². The van der Waals surface area contributed by atoms with Gasteiger partial charge in [0.2, 0.25) is 0 Å². The number of aliphatic carboxylic acids is 1. The number of hydrogen-bond donors (Lipinski definition) is 2. The van der Waals surface area contributed by atoms with Crippen molar-refractivity contribution < 1.29 is 19.4 Å². The zero-order valence-corrected chi connectivity index (χ0v) is 12.8. The molecule has 0 saturated heterocycles. The van der Waals surface area contributed by atoms with Crippen LogP contribution in [0.25, 0.3) is 6.08 Å². The molecule has 1 aliphatic carbocycles. The van der Waals surface area contributed by atoms with Crippen LogP contribution in [-0.4, -0.2) is 30.1 Å². The van der Waals surface area contributed by atoms with Gasteiger partial charge in [-0.25, -0.2) is 0 Å². The van der Waals surface area contributed by atoms with Crippen LogP contribution in [0.2, 0.25) is 0 Å². The molecule has 0 atom stereocenters. The van der Waals surface area contributed by atoms with Crippen molar-refractivity contribution in [2.75, 3.05) is 13.2 Å². The first-order valence-corrected chi connectivity index (χ1v) is 7.44. The van der Waals surface area contributed by atoms with Crippen LogP contribution in [0.4, 0.5) is 0 Å². The smallest absolute Gasteiger partial charge is 0.311 e. The molecule has 0 spiro atoms. The summed E-state index contributed by atoms with van der Waals surface area (Å²) >= 11 is 3.38. The highest BCUT2D eigenvalue weighted by Crippen LogP contribution is 2.45. The topological polar surface area (TPSA) is 75.6 Å². The summed E-state index contributed by atoms with van der Waals surface area (Å²) < 4.78 is 6.45. The van der Waals surface area contributed by atoms with Crippen molar-refractivity contribution in [1.82, 2.24) is 5.32 Å². The van der Waals surface area contributed by atoms with Gasteiger partial charge >= 0.3 is 5.97 Å². The van der Waals surface area contributed by atoms with Crippen molar-refractivity contribution in [3.63, 3.8) is 0 Å². The lowest BCUT2D eigenvalue weighted by Gasteiger charge is -2.18. The fourth-order valence-corrected chi connectivity index (χ4v) is 2.64. The Morgan fingerprint density at radius 2 is 2.14 bits per heavy atom. The van der Waals surface area contributed by atoms with E-state index in [1.54, 1.807) is 6.08 Å². The molecule has 2 N–H and O–H groups in total. The Morgan fingerprint density at radius 3 is 2.81 bits per heavy atom. The summed E-state index contributed by atoms with van der Waals surface area (Å²) in [5, 5.41) is 11.8. The molecule has 3 rings (SSSR count). The maximum Gasteiger partial charge on any atom is 0.311 e. The third-order valence-corrected chi connectivity index (χ3v) is 4.36. The molecule has 0 bridgehead atoms. The van der Waals surface area contributed by atoms with Gasteiger partial charge in [-0.2, -0.15) is 0 Å². The second kappa shape index (κ2) is 5.18. The number of amides is 1. The van der Waals surface area contributed by atoms with E-state index in [2.05, 4.69) is 21.2 Å². The molecule has 0 aromatic heterocycles. The lowest BCUT2D eigenvalue weighted by Crippen LogP contribution is -2.36. The van der Waals surface area contributed by atoms with E-state index in [0.29, 0.717) is 18.4 Å². The van der Waals surface area contributed by atoms with Gasteiger partial charge in [-0.3, -0.25) is 9.59 Å². The summed E-state index contributed by atoms with van der Waals surface area (Å²) in [6, 6.07) is 5.59. The number of carbonyl (C=O) groups excluding carboxylic acids is 1. The molecule has 6 heteroatoms. The van der Waals surface area contributed by atoms with Crippen LogP contribution in [0.5, 0.6) is 5.75 Å². The standard InChI is InChI=1S/C15H14BrNO4/c16-11-1-2-12-9(6-11)5-10(7-21-12)13(18)17-8-15(3-4-15)14(19)20/h1-2,5-6H,3-4,7-8H2,(H,17,18)(H,19,20). The molecule has 1 fully saturated rings. The average Bonchev–Trinajstić information content (AvgIpc) is 3.25. The third kappa shape index (κ3) is 2.81. The first kappa shape index (κ1) is 14.1. The number of ether oxygens (including phenoxy) is 1. The predicted octanol–water partition coefficient (Wildman–Crippen LogP) is 2.21. The van der Waals surface area contributed by atoms with Crippen LogP contribution >= 0.6 is 15.9 Å². The lowest BCUT2D eigenvalue weighted by molar-refractivity contribution is -0.143. The molecule has 1 aromatic carbocycles. The number of benzene rings is 1. The lowest BCUT2D eigenvalue weighted by atomic mass is 10.1. The Morgan fingerprint density at radius 1 is 1.38 bits per heavy atom. The van der Waals surface area contributed by atoms with Crippen molar-refractivity contribution in [2.45, 2.75) is 12.8 Å². The Labute approximate surface area is 130 Å². The Kier molecular flexibility index (Phi) is 3.49. The van der Waals surface area contributed by atoms with Gasteiger partial charge in [0.25, 0.3) is 5.91 Å². The second-order valence-corrected chi connectivity index (χ2v) is 6.32. The van der Waals surface area contributed by atoms with E-state index in [4.69, 9.17) is 9.84 Å². The van der Waals surface area contributed by atoms with Crippen molar-refractivity contribution in [3.05, 3.63) is 33.8 Å². The highest BCUT2D eigenvalue weighted by molar-refractivity contribution is 9.10. The highest BCUT2D eigenvalue weighted by atomic mass is 79.9. The molecule has 0 radical (unpaired) electrons. The van der Waals surface area contributed by atoms with Gasteiger partial charge in [-0.05, 0) is 37.1 Å². The van der Waals surface area contributed by atoms with E-state index in [0.717, 1.165) is 15.8 Å². The number of rotatable bonds is 4. The van der Waals surface area contributed by atoms with Crippen molar-refractivity contribution in [1.29, 1.82) is 0 Å². The molecule has 1 aliphatic heterocycles. The molecule has 1 heterocycles. The monoisotopic (exact) mass is 351 g/mol. The van der Waals surface area contributed by atoms with E-state index < -0.39 is 11.4 Å². The molecular formula is C15H14BrNO4. The molecule has 1 amide bonds. The summed E-state index contributed by atoms with van der Waals surface area (Å²) in [5.74, 6) is -0.377. The van der Waals surface area contributed by atoms with Crippen LogP contribution in [0.15, 0.2) is 28.2 Å². The molecule has 1 saturated carbocycles. The van der Waals surface area contributed by atoms with Gasteiger partial charge in [-0.15, -0.1) is 0 Å². The van der Waals surface area contributed by atoms with Crippen LogP contribution in [-0.2, 0) is 9.59 Å². The Bertz CT molecular complexity index is 649. The van der Waals surface area contributed by atoms with Crippen LogP contribution in [0.3, 0.4) is 0 Å². The van der Waals surface area contributed by atoms with Crippen molar-refractivity contribution >= 4 is 33.9 Å². The number of fused-ring (bicyclic) bond motifs is 1. The summed E-state index contributed by atoms with van der Waals surface area (Å²) in [5.41, 5.74) is 0.578. The van der Waals surface area contributed by atoms with E-state index in [9.17, 15) is 9.59 Å². The fourth-order valence-electron chi connectivity index (χ4n) is 2.26. The molecule has 110 valence electrons. The number of carboxylic acids is 1. The van der Waals surface area contributed by atoms with E-state index in [1.807, 2.05) is 18.2 Å². The number of carbonyl (C=O) groups is 2. The average molecular weight is 352 g/mol. The summed E-state index contributed by atoms with van der Waals surface area (Å²) in [6.45, 7) is 0.365. The maximum absolute atomic E-state index is 12.1. The summed E-state index contributed by atoms with van der Waals surface area (Å²) in [7, 11) is 0. The second-order valence-electron chi connectivity index (χ2n) is 5.41.